The third kappa shape index (κ3) is 2.18. The van der Waals surface area contributed by atoms with Crippen molar-refractivity contribution in [2.75, 3.05) is 13.2 Å². The third-order valence-electron chi connectivity index (χ3n) is 4.00. The van der Waals surface area contributed by atoms with E-state index < -0.39 is 0 Å². The molecule has 0 aliphatic carbocycles. The molecule has 0 saturated carbocycles. The van der Waals surface area contributed by atoms with Crippen molar-refractivity contribution in [2.24, 2.45) is 0 Å². The van der Waals surface area contributed by atoms with Gasteiger partial charge in [0, 0.05) is 22.4 Å². The lowest BCUT2D eigenvalue weighted by Gasteiger charge is -2.22. The van der Waals surface area contributed by atoms with Gasteiger partial charge < -0.3 is 14.7 Å². The Labute approximate surface area is 128 Å². The maximum absolute atomic E-state index is 11.8. The molecule has 108 valence electrons. The minimum Gasteiger partial charge on any atom is -0.381 e. The van der Waals surface area contributed by atoms with Gasteiger partial charge in [-0.15, -0.1) is 0 Å². The van der Waals surface area contributed by atoms with Gasteiger partial charge in [-0.05, 0) is 31.0 Å². The van der Waals surface area contributed by atoms with E-state index in [0.29, 0.717) is 6.61 Å². The first-order valence-electron chi connectivity index (χ1n) is 7.01. The van der Waals surface area contributed by atoms with Gasteiger partial charge in [-0.25, -0.2) is 4.79 Å². The van der Waals surface area contributed by atoms with Crippen LogP contribution in [0, 0.1) is 0 Å². The van der Waals surface area contributed by atoms with Crippen LogP contribution in [-0.2, 0) is 4.74 Å². The molecule has 5 nitrogen and oxygen atoms in total. The van der Waals surface area contributed by atoms with Gasteiger partial charge in [0.2, 0.25) is 0 Å². The molecule has 0 radical (unpaired) electrons. The Kier molecular flexibility index (Phi) is 3.08. The van der Waals surface area contributed by atoms with E-state index in [0.717, 1.165) is 51.6 Å². The van der Waals surface area contributed by atoms with Crippen LogP contribution in [0.2, 0.25) is 0 Å². The fourth-order valence-corrected chi connectivity index (χ4v) is 3.38. The fraction of sp³-hybridized carbons (Fsp3) is 0.333. The van der Waals surface area contributed by atoms with Crippen LogP contribution in [0.15, 0.2) is 27.5 Å². The zero-order valence-corrected chi connectivity index (χ0v) is 12.9. The number of benzene rings is 1. The number of aromatic nitrogens is 3. The highest BCUT2D eigenvalue weighted by Gasteiger charge is 2.22. The lowest BCUT2D eigenvalue weighted by molar-refractivity contribution is 0.0797. The monoisotopic (exact) mass is 347 g/mol. The molecule has 0 amide bonds. The summed E-state index contributed by atoms with van der Waals surface area (Å²) in [4.78, 5) is 22.3. The minimum absolute atomic E-state index is 0.197. The summed E-state index contributed by atoms with van der Waals surface area (Å²) in [5, 5.41) is 0.943. The number of imidazole rings is 1. The molecular weight excluding hydrogens is 334 g/mol. The Morgan fingerprint density at radius 2 is 2.14 bits per heavy atom. The van der Waals surface area contributed by atoms with E-state index in [1.165, 1.54) is 0 Å². The molecule has 3 aromatic rings. The van der Waals surface area contributed by atoms with Crippen LogP contribution in [0.5, 0.6) is 0 Å². The predicted octanol–water partition coefficient (Wildman–Crippen LogP) is 3.06. The number of rotatable bonds is 1. The van der Waals surface area contributed by atoms with Gasteiger partial charge in [-0.1, -0.05) is 15.9 Å². The quantitative estimate of drug-likeness (QED) is 0.710. The van der Waals surface area contributed by atoms with Crippen molar-refractivity contribution in [1.82, 2.24) is 15.0 Å². The Morgan fingerprint density at radius 3 is 2.95 bits per heavy atom. The lowest BCUT2D eigenvalue weighted by atomic mass is 9.96. The van der Waals surface area contributed by atoms with Crippen molar-refractivity contribution in [3.63, 3.8) is 0 Å². The Morgan fingerprint density at radius 1 is 1.29 bits per heavy atom. The SMILES string of the molecule is O=c1[nH]c2c([C@@H]3CCCOC3)nc3ccc(Br)cc3c2[nH]1. The molecule has 1 atom stereocenters. The highest BCUT2D eigenvalue weighted by molar-refractivity contribution is 9.10. The van der Waals surface area contributed by atoms with E-state index in [9.17, 15) is 4.79 Å². The second-order valence-corrected chi connectivity index (χ2v) is 6.32. The van der Waals surface area contributed by atoms with Gasteiger partial charge in [0.25, 0.3) is 0 Å². The number of nitrogens with zero attached hydrogens (tertiary/aromatic N) is 1. The molecule has 0 bridgehead atoms. The fourth-order valence-electron chi connectivity index (χ4n) is 3.02. The first-order valence-corrected chi connectivity index (χ1v) is 7.80. The number of pyridine rings is 1. The summed E-state index contributed by atoms with van der Waals surface area (Å²) < 4.78 is 6.54. The van der Waals surface area contributed by atoms with Crippen LogP contribution >= 0.6 is 15.9 Å². The van der Waals surface area contributed by atoms with Crippen LogP contribution < -0.4 is 5.69 Å². The van der Waals surface area contributed by atoms with E-state index in [2.05, 4.69) is 25.9 Å². The second kappa shape index (κ2) is 4.96. The van der Waals surface area contributed by atoms with Gasteiger partial charge in [0.15, 0.2) is 0 Å². The summed E-state index contributed by atoms with van der Waals surface area (Å²) in [6.07, 6.45) is 2.07. The number of fused-ring (bicyclic) bond motifs is 3. The van der Waals surface area contributed by atoms with E-state index in [1.54, 1.807) is 0 Å². The van der Waals surface area contributed by atoms with Crippen molar-refractivity contribution in [2.45, 2.75) is 18.8 Å². The Hall–Kier alpha value is -1.66. The zero-order chi connectivity index (χ0) is 14.4. The molecule has 1 aromatic carbocycles. The molecule has 2 aromatic heterocycles. The smallest absolute Gasteiger partial charge is 0.323 e. The van der Waals surface area contributed by atoms with Gasteiger partial charge in [0.05, 0.1) is 28.9 Å². The van der Waals surface area contributed by atoms with Crippen LogP contribution in [0.1, 0.15) is 24.5 Å². The summed E-state index contributed by atoms with van der Waals surface area (Å²) in [6.45, 7) is 1.47. The van der Waals surface area contributed by atoms with Gasteiger partial charge in [0.1, 0.15) is 0 Å². The number of hydrogen-bond acceptors (Lipinski definition) is 3. The molecule has 1 aliphatic heterocycles. The first kappa shape index (κ1) is 13.0. The highest BCUT2D eigenvalue weighted by atomic mass is 79.9. The molecular formula is C15H14BrN3O2. The van der Waals surface area contributed by atoms with Crippen molar-refractivity contribution in [1.29, 1.82) is 0 Å². The van der Waals surface area contributed by atoms with Crippen molar-refractivity contribution in [3.05, 3.63) is 38.9 Å². The summed E-state index contributed by atoms with van der Waals surface area (Å²) in [7, 11) is 0. The average Bonchev–Trinajstić information content (AvgIpc) is 2.89. The number of aromatic amines is 2. The maximum atomic E-state index is 11.8. The number of H-pyrrole nitrogens is 2. The van der Waals surface area contributed by atoms with Crippen LogP contribution in [0.25, 0.3) is 21.9 Å². The highest BCUT2D eigenvalue weighted by Crippen LogP contribution is 2.32. The average molecular weight is 348 g/mol. The van der Waals surface area contributed by atoms with E-state index in [-0.39, 0.29) is 11.6 Å². The molecule has 6 heteroatoms. The van der Waals surface area contributed by atoms with Gasteiger partial charge >= 0.3 is 5.69 Å². The molecule has 1 aliphatic rings. The Bertz CT molecular complexity index is 878. The molecule has 1 fully saturated rings. The molecule has 3 heterocycles. The van der Waals surface area contributed by atoms with E-state index in [1.807, 2.05) is 18.2 Å². The van der Waals surface area contributed by atoms with Crippen LogP contribution in [0.3, 0.4) is 0 Å². The minimum atomic E-state index is -0.197. The number of nitrogens with one attached hydrogen (secondary N) is 2. The topological polar surface area (TPSA) is 70.8 Å². The van der Waals surface area contributed by atoms with Crippen molar-refractivity contribution >= 4 is 37.9 Å². The molecule has 1 saturated heterocycles. The van der Waals surface area contributed by atoms with E-state index in [4.69, 9.17) is 9.72 Å². The van der Waals surface area contributed by atoms with Crippen molar-refractivity contribution < 1.29 is 4.74 Å². The predicted molar refractivity (Wildman–Crippen MR) is 84.7 cm³/mol. The van der Waals surface area contributed by atoms with Crippen LogP contribution in [-0.4, -0.2) is 28.2 Å². The van der Waals surface area contributed by atoms with Crippen molar-refractivity contribution in [3.8, 4) is 0 Å². The first-order chi connectivity index (χ1) is 10.2. The van der Waals surface area contributed by atoms with Gasteiger partial charge in [-0.3, -0.25) is 4.98 Å². The van der Waals surface area contributed by atoms with Gasteiger partial charge in [-0.2, -0.15) is 0 Å². The largest absolute Gasteiger partial charge is 0.381 e. The molecule has 4 rings (SSSR count). The molecule has 0 unspecified atom stereocenters. The summed E-state index contributed by atoms with van der Waals surface area (Å²) in [5.74, 6) is 0.237. The number of ether oxygens (including phenoxy) is 1. The lowest BCUT2D eigenvalue weighted by Crippen LogP contribution is -2.17. The van der Waals surface area contributed by atoms with E-state index >= 15 is 0 Å². The number of halogens is 1. The maximum Gasteiger partial charge on any atom is 0.323 e. The summed E-state index contributed by atoms with van der Waals surface area (Å²) >= 11 is 3.47. The molecule has 21 heavy (non-hydrogen) atoms. The van der Waals surface area contributed by atoms with Crippen LogP contribution in [0.4, 0.5) is 0 Å². The molecule has 2 N–H and O–H groups in total. The molecule has 0 spiro atoms. The Balaban J connectivity index is 2.04. The number of hydrogen-bond donors (Lipinski definition) is 2. The summed E-state index contributed by atoms with van der Waals surface area (Å²) in [6, 6.07) is 5.92. The zero-order valence-electron chi connectivity index (χ0n) is 11.3. The third-order valence-corrected chi connectivity index (χ3v) is 4.49. The second-order valence-electron chi connectivity index (χ2n) is 5.40. The standard InChI is InChI=1S/C15H14BrN3O2/c16-9-3-4-11-10(6-9)13-14(19-15(20)18-13)12(17-11)8-2-1-5-21-7-8/h3-4,6,8H,1-2,5,7H2,(H2,18,19,20)/t8-/m1/s1. The summed E-state index contributed by atoms with van der Waals surface area (Å²) in [5.41, 5.74) is 3.25. The normalized spacial score (nSPS) is 19.4.